The van der Waals surface area contributed by atoms with Gasteiger partial charge in [-0.3, -0.25) is 4.90 Å². The van der Waals surface area contributed by atoms with E-state index in [0.717, 1.165) is 13.1 Å². The van der Waals surface area contributed by atoms with Crippen molar-refractivity contribution in [2.75, 3.05) is 20.1 Å². The summed E-state index contributed by atoms with van der Waals surface area (Å²) in [5, 5.41) is 12.2. The van der Waals surface area contributed by atoms with Gasteiger partial charge in [0.2, 0.25) is 0 Å². The minimum atomic E-state index is -0.391. The summed E-state index contributed by atoms with van der Waals surface area (Å²) in [6.07, 6.45) is 3.77. The number of hydrogen-bond donors (Lipinski definition) is 1. The van der Waals surface area contributed by atoms with Crippen LogP contribution < -0.4 is 5.32 Å². The van der Waals surface area contributed by atoms with E-state index >= 15 is 0 Å². The lowest BCUT2D eigenvalue weighted by atomic mass is 10.0. The highest BCUT2D eigenvalue weighted by Gasteiger charge is 2.30. The molecule has 3 heteroatoms. The topological polar surface area (TPSA) is 39.1 Å². The van der Waals surface area contributed by atoms with Gasteiger partial charge in [0.05, 0.1) is 6.07 Å². The molecule has 0 amide bonds. The highest BCUT2D eigenvalue weighted by Crippen LogP contribution is 2.21. The number of likely N-dealkylation sites (tertiary alicyclic amines) is 1. The quantitative estimate of drug-likeness (QED) is 0.736. The Labute approximate surface area is 87.1 Å². The highest BCUT2D eigenvalue weighted by molar-refractivity contribution is 5.06. The number of nitrogens with zero attached hydrogens (tertiary/aromatic N) is 2. The zero-order valence-electron chi connectivity index (χ0n) is 9.51. The lowest BCUT2D eigenvalue weighted by Gasteiger charge is -2.31. The molecule has 0 aliphatic carbocycles. The second kappa shape index (κ2) is 4.77. The summed E-state index contributed by atoms with van der Waals surface area (Å²) in [5.74, 6) is 0. The predicted octanol–water partition coefficient (Wildman–Crippen LogP) is 1.36. The average Bonchev–Trinajstić information content (AvgIpc) is 2.65. The minimum absolute atomic E-state index is 0.391. The molecule has 80 valence electrons. The van der Waals surface area contributed by atoms with Crippen molar-refractivity contribution in [2.45, 2.75) is 44.7 Å². The summed E-state index contributed by atoms with van der Waals surface area (Å²) < 4.78 is 0. The number of hydrogen-bond acceptors (Lipinski definition) is 3. The fourth-order valence-corrected chi connectivity index (χ4v) is 2.14. The smallest absolute Gasteiger partial charge is 0.116 e. The molecule has 0 radical (unpaired) electrons. The molecule has 0 aromatic carbocycles. The van der Waals surface area contributed by atoms with Gasteiger partial charge in [0.25, 0.3) is 0 Å². The van der Waals surface area contributed by atoms with Crippen LogP contribution in [-0.2, 0) is 0 Å². The molecule has 1 heterocycles. The van der Waals surface area contributed by atoms with Crippen molar-refractivity contribution in [3.8, 4) is 6.07 Å². The van der Waals surface area contributed by atoms with Crippen molar-refractivity contribution in [3.63, 3.8) is 0 Å². The molecule has 0 aromatic heterocycles. The van der Waals surface area contributed by atoms with Gasteiger partial charge < -0.3 is 5.32 Å². The average molecular weight is 195 g/mol. The van der Waals surface area contributed by atoms with E-state index in [1.807, 2.05) is 14.0 Å². The van der Waals surface area contributed by atoms with Gasteiger partial charge in [-0.15, -0.1) is 0 Å². The Balaban J connectivity index is 2.55. The van der Waals surface area contributed by atoms with E-state index < -0.39 is 5.54 Å². The molecule has 1 rings (SSSR count). The molecule has 1 saturated heterocycles. The van der Waals surface area contributed by atoms with E-state index in [2.05, 4.69) is 23.2 Å². The summed E-state index contributed by atoms with van der Waals surface area (Å²) >= 11 is 0. The van der Waals surface area contributed by atoms with Crippen LogP contribution in [0.1, 0.15) is 33.1 Å². The van der Waals surface area contributed by atoms with Crippen LogP contribution in [0.2, 0.25) is 0 Å². The van der Waals surface area contributed by atoms with E-state index in [0.29, 0.717) is 6.04 Å². The Bertz CT molecular complexity index is 221. The zero-order valence-corrected chi connectivity index (χ0v) is 9.51. The molecule has 1 aliphatic heterocycles. The molecule has 0 aromatic rings. The molecule has 1 N–H and O–H groups in total. The van der Waals surface area contributed by atoms with Crippen LogP contribution >= 0.6 is 0 Å². The van der Waals surface area contributed by atoms with Gasteiger partial charge in [0, 0.05) is 12.6 Å². The van der Waals surface area contributed by atoms with Gasteiger partial charge >= 0.3 is 0 Å². The van der Waals surface area contributed by atoms with Crippen LogP contribution in [0.5, 0.6) is 0 Å². The Morgan fingerprint density at radius 3 is 2.86 bits per heavy atom. The van der Waals surface area contributed by atoms with Crippen molar-refractivity contribution in [3.05, 3.63) is 0 Å². The molecule has 0 bridgehead atoms. The molecule has 2 unspecified atom stereocenters. The van der Waals surface area contributed by atoms with Crippen LogP contribution in [0.25, 0.3) is 0 Å². The number of nitrogens with one attached hydrogen (secondary N) is 1. The van der Waals surface area contributed by atoms with Gasteiger partial charge in [-0.2, -0.15) is 5.26 Å². The Morgan fingerprint density at radius 1 is 1.64 bits per heavy atom. The van der Waals surface area contributed by atoms with Gasteiger partial charge in [0.1, 0.15) is 5.54 Å². The normalized spacial score (nSPS) is 27.1. The van der Waals surface area contributed by atoms with E-state index in [4.69, 9.17) is 5.26 Å². The Kier molecular flexibility index (Phi) is 3.91. The van der Waals surface area contributed by atoms with E-state index in [1.54, 1.807) is 0 Å². The second-order valence-electron chi connectivity index (χ2n) is 4.37. The fourth-order valence-electron chi connectivity index (χ4n) is 2.14. The standard InChI is InChI=1S/C11H21N3/c1-4-10-6-5-7-14(10)9-11(2,8-12)13-3/h10,13H,4-7,9H2,1-3H3. The molecule has 0 saturated carbocycles. The van der Waals surface area contributed by atoms with Crippen LogP contribution in [0.15, 0.2) is 0 Å². The summed E-state index contributed by atoms with van der Waals surface area (Å²) in [4.78, 5) is 2.44. The summed E-state index contributed by atoms with van der Waals surface area (Å²) in [6.45, 7) is 6.19. The van der Waals surface area contributed by atoms with Crippen LogP contribution in [0, 0.1) is 11.3 Å². The molecule has 1 fully saturated rings. The van der Waals surface area contributed by atoms with E-state index in [-0.39, 0.29) is 0 Å². The van der Waals surface area contributed by atoms with Crippen molar-refractivity contribution in [2.24, 2.45) is 0 Å². The lowest BCUT2D eigenvalue weighted by Crippen LogP contribution is -2.50. The summed E-state index contributed by atoms with van der Waals surface area (Å²) in [5.41, 5.74) is -0.391. The van der Waals surface area contributed by atoms with Crippen LogP contribution in [0.4, 0.5) is 0 Å². The summed E-state index contributed by atoms with van der Waals surface area (Å²) in [6, 6.07) is 3.04. The first-order valence-corrected chi connectivity index (χ1v) is 5.49. The molecule has 1 aliphatic rings. The van der Waals surface area contributed by atoms with Crippen LogP contribution in [-0.4, -0.2) is 36.6 Å². The maximum Gasteiger partial charge on any atom is 0.116 e. The minimum Gasteiger partial charge on any atom is -0.302 e. The van der Waals surface area contributed by atoms with Crippen molar-refractivity contribution in [1.82, 2.24) is 10.2 Å². The van der Waals surface area contributed by atoms with Crippen molar-refractivity contribution >= 4 is 0 Å². The molecule has 2 atom stereocenters. The first kappa shape index (κ1) is 11.5. The Hall–Kier alpha value is -0.590. The van der Waals surface area contributed by atoms with Crippen molar-refractivity contribution in [1.29, 1.82) is 5.26 Å². The molecule has 14 heavy (non-hydrogen) atoms. The van der Waals surface area contributed by atoms with Gasteiger partial charge in [0.15, 0.2) is 0 Å². The molecule has 0 spiro atoms. The third-order valence-electron chi connectivity index (χ3n) is 3.29. The fraction of sp³-hybridized carbons (Fsp3) is 0.909. The number of rotatable bonds is 4. The first-order valence-electron chi connectivity index (χ1n) is 5.49. The Morgan fingerprint density at radius 2 is 2.36 bits per heavy atom. The van der Waals surface area contributed by atoms with Crippen molar-refractivity contribution < 1.29 is 0 Å². The molecule has 3 nitrogen and oxygen atoms in total. The van der Waals surface area contributed by atoms with Gasteiger partial charge in [-0.05, 0) is 39.8 Å². The predicted molar refractivity (Wildman–Crippen MR) is 58.0 cm³/mol. The van der Waals surface area contributed by atoms with Crippen LogP contribution in [0.3, 0.4) is 0 Å². The summed E-state index contributed by atoms with van der Waals surface area (Å²) in [7, 11) is 1.86. The van der Waals surface area contributed by atoms with Gasteiger partial charge in [-0.25, -0.2) is 0 Å². The van der Waals surface area contributed by atoms with E-state index in [1.165, 1.54) is 19.3 Å². The zero-order chi connectivity index (χ0) is 10.6. The third kappa shape index (κ3) is 2.46. The second-order valence-corrected chi connectivity index (χ2v) is 4.37. The SMILES string of the molecule is CCC1CCCN1CC(C)(C#N)NC. The maximum absolute atomic E-state index is 9.07. The monoisotopic (exact) mass is 195 g/mol. The lowest BCUT2D eigenvalue weighted by molar-refractivity contribution is 0.205. The maximum atomic E-state index is 9.07. The largest absolute Gasteiger partial charge is 0.302 e. The molecular formula is C11H21N3. The first-order chi connectivity index (χ1) is 6.65. The van der Waals surface area contributed by atoms with E-state index in [9.17, 15) is 0 Å². The number of nitriles is 1. The van der Waals surface area contributed by atoms with Gasteiger partial charge in [-0.1, -0.05) is 6.92 Å². The number of likely N-dealkylation sites (N-methyl/N-ethyl adjacent to an activating group) is 1. The highest BCUT2D eigenvalue weighted by atomic mass is 15.2. The molecular weight excluding hydrogens is 174 g/mol. The third-order valence-corrected chi connectivity index (χ3v) is 3.29.